The number of anilines is 1. The smallest absolute Gasteiger partial charge is 0.246 e. The number of nitrogens with one attached hydrogen (secondary N) is 1. The molecule has 0 aliphatic rings. The van der Waals surface area contributed by atoms with Gasteiger partial charge in [-0.25, -0.2) is 8.42 Å². The summed E-state index contributed by atoms with van der Waals surface area (Å²) in [4.78, 5) is 3.90. The van der Waals surface area contributed by atoms with Gasteiger partial charge in [-0.05, 0) is 28.5 Å². The molecule has 0 saturated carbocycles. The second kappa shape index (κ2) is 5.66. The largest absolute Gasteiger partial charge is 0.323 e. The summed E-state index contributed by atoms with van der Waals surface area (Å²) in [5.74, 6) is 5.32. The molecule has 102 valence electrons. The molecule has 8 heteroatoms. The molecule has 6 nitrogen and oxygen atoms in total. The quantitative estimate of drug-likeness (QED) is 0.640. The lowest BCUT2D eigenvalue weighted by Crippen LogP contribution is -2.27. The maximum Gasteiger partial charge on any atom is 0.246 e. The molecule has 3 N–H and O–H groups in total. The topological polar surface area (TPSA) is 88.3 Å². The van der Waals surface area contributed by atoms with E-state index in [1.54, 1.807) is 0 Å². The van der Waals surface area contributed by atoms with Crippen LogP contribution in [0.1, 0.15) is 5.56 Å². The average molecular weight is 298 g/mol. The summed E-state index contributed by atoms with van der Waals surface area (Å²) in [6.07, 6.45) is 2.77. The van der Waals surface area contributed by atoms with E-state index in [9.17, 15) is 8.42 Å². The van der Waals surface area contributed by atoms with E-state index in [2.05, 4.69) is 10.4 Å². The van der Waals surface area contributed by atoms with Gasteiger partial charge in [-0.15, -0.1) is 0 Å². The highest BCUT2D eigenvalue weighted by molar-refractivity contribution is 7.89. The van der Waals surface area contributed by atoms with Crippen molar-refractivity contribution in [3.63, 3.8) is 0 Å². The highest BCUT2D eigenvalue weighted by Gasteiger charge is 2.24. The first-order valence-corrected chi connectivity index (χ1v) is 7.82. The fraction of sp³-hybridized carbons (Fsp3) is 0.182. The Morgan fingerprint density at radius 3 is 2.89 bits per heavy atom. The Labute approximate surface area is 115 Å². The van der Waals surface area contributed by atoms with Crippen LogP contribution in [0.15, 0.2) is 40.2 Å². The SMILES string of the molecule is CN(Cc1ccsc1)S(=O)(=O)c1cnccc1NN. The number of hydrogen-bond donors (Lipinski definition) is 2. The highest BCUT2D eigenvalue weighted by Crippen LogP contribution is 2.23. The zero-order valence-corrected chi connectivity index (χ0v) is 11.9. The van der Waals surface area contributed by atoms with Crippen LogP contribution in [0.5, 0.6) is 0 Å². The Kier molecular flexibility index (Phi) is 4.15. The minimum atomic E-state index is -3.62. The maximum absolute atomic E-state index is 12.4. The van der Waals surface area contributed by atoms with Crippen molar-refractivity contribution in [3.05, 3.63) is 40.8 Å². The number of pyridine rings is 1. The number of nitrogens with zero attached hydrogens (tertiary/aromatic N) is 2. The van der Waals surface area contributed by atoms with Gasteiger partial charge in [-0.2, -0.15) is 15.6 Å². The Bertz CT molecular complexity index is 640. The van der Waals surface area contributed by atoms with E-state index < -0.39 is 10.0 Å². The monoisotopic (exact) mass is 298 g/mol. The van der Waals surface area contributed by atoms with Crippen LogP contribution in [0, 0.1) is 0 Å². The third kappa shape index (κ3) is 2.92. The molecule has 0 saturated heterocycles. The molecule has 2 heterocycles. The lowest BCUT2D eigenvalue weighted by atomic mass is 10.3. The summed E-state index contributed by atoms with van der Waals surface area (Å²) in [6, 6.07) is 3.41. The Hall–Kier alpha value is -1.48. The lowest BCUT2D eigenvalue weighted by Gasteiger charge is -2.18. The van der Waals surface area contributed by atoms with Crippen molar-refractivity contribution in [2.75, 3.05) is 12.5 Å². The predicted molar refractivity (Wildman–Crippen MR) is 75.0 cm³/mol. The number of rotatable bonds is 5. The third-order valence-corrected chi connectivity index (χ3v) is 5.18. The first-order chi connectivity index (χ1) is 9.05. The number of nitrogens with two attached hydrogens (primary N) is 1. The summed E-state index contributed by atoms with van der Waals surface area (Å²) < 4.78 is 26.1. The van der Waals surface area contributed by atoms with Crippen LogP contribution >= 0.6 is 11.3 Å². The van der Waals surface area contributed by atoms with Gasteiger partial charge in [-0.1, -0.05) is 0 Å². The van der Waals surface area contributed by atoms with Crippen molar-refractivity contribution in [2.24, 2.45) is 5.84 Å². The standard InChI is InChI=1S/C11H14N4O2S2/c1-15(7-9-3-5-18-8-9)19(16,17)11-6-13-4-2-10(11)14-12/h2-6,8H,7,12H2,1H3,(H,13,14). The molecule has 2 aromatic rings. The van der Waals surface area contributed by atoms with Gasteiger partial charge < -0.3 is 5.43 Å². The molecular formula is C11H14N4O2S2. The van der Waals surface area contributed by atoms with Crippen molar-refractivity contribution in [2.45, 2.75) is 11.4 Å². The minimum absolute atomic E-state index is 0.0650. The van der Waals surface area contributed by atoms with Crippen molar-refractivity contribution in [3.8, 4) is 0 Å². The number of nitrogen functional groups attached to an aromatic ring is 1. The van der Waals surface area contributed by atoms with Gasteiger partial charge in [0.2, 0.25) is 10.0 Å². The van der Waals surface area contributed by atoms with Crippen molar-refractivity contribution < 1.29 is 8.42 Å². The molecule has 0 unspecified atom stereocenters. The predicted octanol–water partition coefficient (Wildman–Crippen LogP) is 1.25. The van der Waals surface area contributed by atoms with Crippen LogP contribution in [0.25, 0.3) is 0 Å². The molecule has 0 bridgehead atoms. The first kappa shape index (κ1) is 13.9. The zero-order valence-electron chi connectivity index (χ0n) is 10.3. The summed E-state index contributed by atoms with van der Waals surface area (Å²) in [5, 5.41) is 3.82. The molecule has 19 heavy (non-hydrogen) atoms. The van der Waals surface area contributed by atoms with E-state index in [1.165, 1.54) is 41.1 Å². The van der Waals surface area contributed by atoms with Gasteiger partial charge in [0.25, 0.3) is 0 Å². The zero-order chi connectivity index (χ0) is 13.9. The average Bonchev–Trinajstić information content (AvgIpc) is 2.91. The highest BCUT2D eigenvalue weighted by atomic mass is 32.2. The minimum Gasteiger partial charge on any atom is -0.323 e. The normalized spacial score (nSPS) is 11.7. The van der Waals surface area contributed by atoms with Gasteiger partial charge in [0.1, 0.15) is 4.90 Å². The van der Waals surface area contributed by atoms with E-state index in [0.29, 0.717) is 12.2 Å². The fourth-order valence-corrected chi connectivity index (χ4v) is 3.51. The molecule has 0 spiro atoms. The van der Waals surface area contributed by atoms with E-state index in [1.807, 2.05) is 16.8 Å². The number of hydrogen-bond acceptors (Lipinski definition) is 6. The van der Waals surface area contributed by atoms with Crippen LogP contribution in [0.3, 0.4) is 0 Å². The molecule has 0 fully saturated rings. The van der Waals surface area contributed by atoms with Crippen LogP contribution in [-0.4, -0.2) is 24.8 Å². The molecule has 0 amide bonds. The Morgan fingerprint density at radius 2 is 2.26 bits per heavy atom. The molecular weight excluding hydrogens is 284 g/mol. The second-order valence-electron chi connectivity index (χ2n) is 3.91. The van der Waals surface area contributed by atoms with Gasteiger partial charge in [-0.3, -0.25) is 10.8 Å². The lowest BCUT2D eigenvalue weighted by molar-refractivity contribution is 0.467. The molecule has 2 rings (SSSR count). The molecule has 0 atom stereocenters. The summed E-state index contributed by atoms with van der Waals surface area (Å²) >= 11 is 1.53. The molecule has 0 aliphatic carbocycles. The summed E-state index contributed by atoms with van der Waals surface area (Å²) in [6.45, 7) is 0.310. The number of thiophene rings is 1. The van der Waals surface area contributed by atoms with E-state index in [4.69, 9.17) is 5.84 Å². The maximum atomic E-state index is 12.4. The van der Waals surface area contributed by atoms with Crippen molar-refractivity contribution >= 4 is 27.0 Å². The van der Waals surface area contributed by atoms with Crippen molar-refractivity contribution in [1.29, 1.82) is 0 Å². The van der Waals surface area contributed by atoms with Gasteiger partial charge >= 0.3 is 0 Å². The van der Waals surface area contributed by atoms with Crippen molar-refractivity contribution in [1.82, 2.24) is 9.29 Å². The number of hydrazine groups is 1. The van der Waals surface area contributed by atoms with Crippen LogP contribution in [0.4, 0.5) is 5.69 Å². The van der Waals surface area contributed by atoms with Crippen LogP contribution in [-0.2, 0) is 16.6 Å². The van der Waals surface area contributed by atoms with E-state index in [-0.39, 0.29) is 4.90 Å². The second-order valence-corrected chi connectivity index (χ2v) is 6.70. The third-order valence-electron chi connectivity index (χ3n) is 2.61. The van der Waals surface area contributed by atoms with Gasteiger partial charge in [0.15, 0.2) is 0 Å². The number of sulfonamides is 1. The molecule has 0 aliphatic heterocycles. The fourth-order valence-electron chi connectivity index (χ4n) is 1.60. The Morgan fingerprint density at radius 1 is 1.47 bits per heavy atom. The Balaban J connectivity index is 2.31. The first-order valence-electron chi connectivity index (χ1n) is 5.43. The summed E-state index contributed by atoms with van der Waals surface area (Å²) in [5.41, 5.74) is 3.64. The summed E-state index contributed by atoms with van der Waals surface area (Å²) in [7, 11) is -2.10. The van der Waals surface area contributed by atoms with Crippen LogP contribution < -0.4 is 11.3 Å². The molecule has 2 aromatic heterocycles. The molecule has 0 aromatic carbocycles. The van der Waals surface area contributed by atoms with E-state index in [0.717, 1.165) is 5.56 Å². The van der Waals surface area contributed by atoms with Gasteiger partial charge in [0.05, 0.1) is 5.69 Å². The van der Waals surface area contributed by atoms with Gasteiger partial charge in [0, 0.05) is 26.0 Å². The van der Waals surface area contributed by atoms with Crippen LogP contribution in [0.2, 0.25) is 0 Å². The molecule has 0 radical (unpaired) electrons. The van der Waals surface area contributed by atoms with E-state index >= 15 is 0 Å². The number of aromatic nitrogens is 1.